The summed E-state index contributed by atoms with van der Waals surface area (Å²) in [5.74, 6) is -0.369. The van der Waals surface area contributed by atoms with E-state index in [1.807, 2.05) is 0 Å². The number of methoxy groups -OCH3 is 1. The fraction of sp³-hybridized carbons (Fsp3) is 0.462. The molecule has 0 saturated heterocycles. The molecule has 0 aliphatic rings. The van der Waals surface area contributed by atoms with Gasteiger partial charge in [0.05, 0.1) is 13.3 Å². The standard InChI is InChI=1S/C13H18N2O4/c1-13(2,3)19-11(16)8-15-12(17)10-6-5-9(18-4)7-14-10/h5-7H,8H2,1-4H3,(H,15,17). The molecule has 0 aliphatic carbocycles. The van der Waals surface area contributed by atoms with Gasteiger partial charge in [0.1, 0.15) is 23.6 Å². The van der Waals surface area contributed by atoms with Gasteiger partial charge in [0.2, 0.25) is 0 Å². The van der Waals surface area contributed by atoms with Gasteiger partial charge in [0, 0.05) is 0 Å². The molecule has 0 saturated carbocycles. The minimum absolute atomic E-state index is 0.191. The number of aromatic nitrogens is 1. The lowest BCUT2D eigenvalue weighted by atomic mass is 10.2. The van der Waals surface area contributed by atoms with Crippen LogP contribution in [0.4, 0.5) is 0 Å². The molecule has 1 aromatic heterocycles. The summed E-state index contributed by atoms with van der Waals surface area (Å²) >= 11 is 0. The van der Waals surface area contributed by atoms with Crippen molar-refractivity contribution in [1.29, 1.82) is 0 Å². The third-order valence-corrected chi connectivity index (χ3v) is 2.02. The van der Waals surface area contributed by atoms with Crippen molar-refractivity contribution in [1.82, 2.24) is 10.3 Å². The Balaban J connectivity index is 2.49. The maximum atomic E-state index is 11.7. The minimum atomic E-state index is -0.569. The number of ether oxygens (including phenoxy) is 2. The molecule has 0 unspecified atom stereocenters. The fourth-order valence-electron chi connectivity index (χ4n) is 1.26. The van der Waals surface area contributed by atoms with Crippen LogP contribution in [0.1, 0.15) is 31.3 Å². The van der Waals surface area contributed by atoms with Crippen LogP contribution in [0.3, 0.4) is 0 Å². The van der Waals surface area contributed by atoms with Gasteiger partial charge in [-0.15, -0.1) is 0 Å². The van der Waals surface area contributed by atoms with Gasteiger partial charge in [-0.3, -0.25) is 9.59 Å². The number of amides is 1. The Kier molecular flexibility index (Phi) is 4.86. The van der Waals surface area contributed by atoms with Gasteiger partial charge < -0.3 is 14.8 Å². The van der Waals surface area contributed by atoms with Crippen LogP contribution in [-0.2, 0) is 9.53 Å². The molecule has 0 aliphatic heterocycles. The first-order chi connectivity index (χ1) is 8.81. The van der Waals surface area contributed by atoms with Gasteiger partial charge in [0.15, 0.2) is 0 Å². The van der Waals surface area contributed by atoms with E-state index in [9.17, 15) is 9.59 Å². The van der Waals surface area contributed by atoms with Crippen LogP contribution in [0.25, 0.3) is 0 Å². The summed E-state index contributed by atoms with van der Waals surface area (Å²) in [6, 6.07) is 3.14. The van der Waals surface area contributed by atoms with E-state index >= 15 is 0 Å². The molecule has 19 heavy (non-hydrogen) atoms. The van der Waals surface area contributed by atoms with Crippen molar-refractivity contribution in [3.8, 4) is 5.75 Å². The molecule has 1 rings (SSSR count). The maximum absolute atomic E-state index is 11.7. The summed E-state index contributed by atoms with van der Waals surface area (Å²) in [5, 5.41) is 2.44. The highest BCUT2D eigenvalue weighted by molar-refractivity contribution is 5.94. The molecule has 0 aromatic carbocycles. The van der Waals surface area contributed by atoms with Gasteiger partial charge in [-0.1, -0.05) is 0 Å². The quantitative estimate of drug-likeness (QED) is 0.827. The highest BCUT2D eigenvalue weighted by Crippen LogP contribution is 2.08. The number of hydrogen-bond donors (Lipinski definition) is 1. The van der Waals surface area contributed by atoms with Crippen LogP contribution in [0.15, 0.2) is 18.3 Å². The normalized spacial score (nSPS) is 10.7. The van der Waals surface area contributed by atoms with E-state index in [1.165, 1.54) is 19.4 Å². The summed E-state index contributed by atoms with van der Waals surface area (Å²) in [5.41, 5.74) is -0.357. The number of nitrogens with zero attached hydrogens (tertiary/aromatic N) is 1. The SMILES string of the molecule is COc1ccc(C(=O)NCC(=O)OC(C)(C)C)nc1. The van der Waals surface area contributed by atoms with E-state index in [1.54, 1.807) is 26.8 Å². The second kappa shape index (κ2) is 6.17. The molecule has 0 fully saturated rings. The van der Waals surface area contributed by atoms with Crippen LogP contribution >= 0.6 is 0 Å². The Labute approximate surface area is 112 Å². The van der Waals surface area contributed by atoms with Crippen molar-refractivity contribution in [2.75, 3.05) is 13.7 Å². The number of hydrogen-bond acceptors (Lipinski definition) is 5. The Hall–Kier alpha value is -2.11. The zero-order valence-corrected chi connectivity index (χ0v) is 11.5. The fourth-order valence-corrected chi connectivity index (χ4v) is 1.26. The Morgan fingerprint density at radius 1 is 1.32 bits per heavy atom. The molecule has 0 bridgehead atoms. The molecule has 0 spiro atoms. The second-order valence-electron chi connectivity index (χ2n) is 4.85. The number of carbonyl (C=O) groups is 2. The van der Waals surface area contributed by atoms with Gasteiger partial charge in [-0.25, -0.2) is 4.98 Å². The third-order valence-electron chi connectivity index (χ3n) is 2.02. The monoisotopic (exact) mass is 266 g/mol. The topological polar surface area (TPSA) is 77.5 Å². The number of carbonyl (C=O) groups excluding carboxylic acids is 2. The lowest BCUT2D eigenvalue weighted by molar-refractivity contribution is -0.153. The molecule has 104 valence electrons. The number of esters is 1. The first-order valence-electron chi connectivity index (χ1n) is 5.82. The largest absolute Gasteiger partial charge is 0.495 e. The summed E-state index contributed by atoms with van der Waals surface area (Å²) in [6.45, 7) is 5.09. The molecule has 1 aromatic rings. The van der Waals surface area contributed by atoms with Crippen LogP contribution in [0.5, 0.6) is 5.75 Å². The maximum Gasteiger partial charge on any atom is 0.325 e. The average molecular weight is 266 g/mol. The van der Waals surface area contributed by atoms with Crippen molar-refractivity contribution in [3.63, 3.8) is 0 Å². The first kappa shape index (κ1) is 14.9. The molecule has 0 radical (unpaired) electrons. The van der Waals surface area contributed by atoms with Gasteiger partial charge in [0.25, 0.3) is 5.91 Å². The van der Waals surface area contributed by atoms with Crippen molar-refractivity contribution >= 4 is 11.9 Å². The van der Waals surface area contributed by atoms with Gasteiger partial charge in [-0.2, -0.15) is 0 Å². The van der Waals surface area contributed by atoms with E-state index < -0.39 is 17.5 Å². The zero-order chi connectivity index (χ0) is 14.5. The average Bonchev–Trinajstić information content (AvgIpc) is 2.34. The molecule has 1 heterocycles. The minimum Gasteiger partial charge on any atom is -0.495 e. The lowest BCUT2D eigenvalue weighted by Crippen LogP contribution is -2.34. The second-order valence-corrected chi connectivity index (χ2v) is 4.85. The molecular formula is C13H18N2O4. The van der Waals surface area contributed by atoms with Crippen LogP contribution in [0, 0.1) is 0 Å². The van der Waals surface area contributed by atoms with Crippen molar-refractivity contribution < 1.29 is 19.1 Å². The molecule has 1 amide bonds. The number of rotatable bonds is 4. The Morgan fingerprint density at radius 2 is 2.00 bits per heavy atom. The van der Waals surface area contributed by atoms with Crippen LogP contribution < -0.4 is 10.1 Å². The summed E-state index contributed by atoms with van der Waals surface area (Å²) < 4.78 is 10.0. The van der Waals surface area contributed by atoms with Gasteiger partial charge >= 0.3 is 5.97 Å². The third kappa shape index (κ3) is 5.37. The van der Waals surface area contributed by atoms with E-state index in [0.29, 0.717) is 5.75 Å². The van der Waals surface area contributed by atoms with E-state index in [-0.39, 0.29) is 12.2 Å². The first-order valence-corrected chi connectivity index (χ1v) is 5.82. The molecule has 6 nitrogen and oxygen atoms in total. The highest BCUT2D eigenvalue weighted by atomic mass is 16.6. The predicted octanol–water partition coefficient (Wildman–Crippen LogP) is 1.16. The summed E-state index contributed by atoms with van der Waals surface area (Å²) in [7, 11) is 1.51. The smallest absolute Gasteiger partial charge is 0.325 e. The van der Waals surface area contributed by atoms with E-state index in [0.717, 1.165) is 0 Å². The van der Waals surface area contributed by atoms with Crippen molar-refractivity contribution in [2.24, 2.45) is 0 Å². The van der Waals surface area contributed by atoms with E-state index in [2.05, 4.69) is 10.3 Å². The van der Waals surface area contributed by atoms with Crippen LogP contribution in [-0.4, -0.2) is 36.1 Å². The summed E-state index contributed by atoms with van der Waals surface area (Å²) in [4.78, 5) is 27.0. The molecule has 6 heteroatoms. The Bertz CT molecular complexity index is 449. The lowest BCUT2D eigenvalue weighted by Gasteiger charge is -2.19. The van der Waals surface area contributed by atoms with Crippen molar-refractivity contribution in [2.45, 2.75) is 26.4 Å². The highest BCUT2D eigenvalue weighted by Gasteiger charge is 2.17. The Morgan fingerprint density at radius 3 is 2.47 bits per heavy atom. The van der Waals surface area contributed by atoms with Gasteiger partial charge in [-0.05, 0) is 32.9 Å². The molecule has 1 N–H and O–H groups in total. The van der Waals surface area contributed by atoms with E-state index in [4.69, 9.17) is 9.47 Å². The molecular weight excluding hydrogens is 248 g/mol. The predicted molar refractivity (Wildman–Crippen MR) is 69.0 cm³/mol. The van der Waals surface area contributed by atoms with Crippen molar-refractivity contribution in [3.05, 3.63) is 24.0 Å². The zero-order valence-electron chi connectivity index (χ0n) is 11.5. The summed E-state index contributed by atoms with van der Waals surface area (Å²) in [6.07, 6.45) is 1.43. The number of nitrogens with one attached hydrogen (secondary N) is 1. The number of pyridine rings is 1. The molecule has 0 atom stereocenters. The van der Waals surface area contributed by atoms with Crippen LogP contribution in [0.2, 0.25) is 0 Å².